The second-order valence-electron chi connectivity index (χ2n) is 5.71. The molecule has 1 fully saturated rings. The molecule has 1 unspecified atom stereocenters. The molecule has 0 aromatic carbocycles. The van der Waals surface area contributed by atoms with Crippen molar-refractivity contribution in [1.82, 2.24) is 24.9 Å². The van der Waals surface area contributed by atoms with E-state index in [1.54, 1.807) is 0 Å². The molecule has 134 valence electrons. The maximum atomic E-state index is 12.6. The first kappa shape index (κ1) is 17.1. The van der Waals surface area contributed by atoms with Gasteiger partial charge in [0.1, 0.15) is 5.69 Å². The Hall–Kier alpha value is -2.72. The number of aryl methyl sites for hydroxylation is 1. The Balaban J connectivity index is 1.76. The Labute approximate surface area is 139 Å². The van der Waals surface area contributed by atoms with Crippen LogP contribution in [0.4, 0.5) is 13.2 Å². The molecule has 3 rings (SSSR count). The van der Waals surface area contributed by atoms with Crippen molar-refractivity contribution < 1.29 is 22.4 Å². The third-order valence-electron chi connectivity index (χ3n) is 3.92. The first-order chi connectivity index (χ1) is 11.8. The van der Waals surface area contributed by atoms with Gasteiger partial charge in [-0.3, -0.25) is 9.59 Å². The van der Waals surface area contributed by atoms with Crippen molar-refractivity contribution in [3.8, 4) is 0 Å². The van der Waals surface area contributed by atoms with Gasteiger partial charge >= 0.3 is 12.1 Å². The predicted octanol–water partition coefficient (Wildman–Crippen LogP) is 1.20. The number of amides is 1. The second-order valence-corrected chi connectivity index (χ2v) is 5.71. The highest BCUT2D eigenvalue weighted by molar-refractivity contribution is 5.92. The topological polar surface area (TPSA) is 94.1 Å². The van der Waals surface area contributed by atoms with Crippen LogP contribution in [0.3, 0.4) is 0 Å². The molecule has 11 heteroatoms. The molecule has 1 amide bonds. The molecule has 2 aromatic heterocycles. The Morgan fingerprint density at radius 2 is 2.08 bits per heavy atom. The van der Waals surface area contributed by atoms with Gasteiger partial charge in [0, 0.05) is 26.2 Å². The summed E-state index contributed by atoms with van der Waals surface area (Å²) in [5, 5.41) is 10.4. The lowest BCUT2D eigenvalue weighted by Crippen LogP contribution is -2.40. The van der Waals surface area contributed by atoms with E-state index in [-0.39, 0.29) is 23.7 Å². The number of carbonyl (C=O) groups excluding carboxylic acids is 1. The summed E-state index contributed by atoms with van der Waals surface area (Å²) in [5.41, 5.74) is -0.261. The van der Waals surface area contributed by atoms with Crippen molar-refractivity contribution in [2.24, 2.45) is 7.05 Å². The molecule has 0 N–H and O–H groups in total. The van der Waals surface area contributed by atoms with E-state index < -0.39 is 23.9 Å². The molecule has 0 saturated carbocycles. The largest absolute Gasteiger partial charge is 0.470 e. The van der Waals surface area contributed by atoms with Gasteiger partial charge < -0.3 is 9.32 Å². The fourth-order valence-corrected chi connectivity index (χ4v) is 2.66. The number of hydrogen-bond donors (Lipinski definition) is 0. The Morgan fingerprint density at radius 1 is 1.32 bits per heavy atom. The lowest BCUT2D eigenvalue weighted by Gasteiger charge is -2.30. The number of hydrogen-bond acceptors (Lipinski definition) is 6. The SMILES string of the molecule is Cn1nc(C(=O)N2CCCC(c3nnc(C(F)(F)F)o3)C2)ccc1=O. The van der Waals surface area contributed by atoms with Crippen LogP contribution in [-0.4, -0.2) is 43.9 Å². The van der Waals surface area contributed by atoms with Gasteiger partial charge in [0.2, 0.25) is 5.89 Å². The molecule has 8 nitrogen and oxygen atoms in total. The van der Waals surface area contributed by atoms with Gasteiger partial charge in [0.15, 0.2) is 0 Å². The number of halogens is 3. The first-order valence-electron chi connectivity index (χ1n) is 7.50. The minimum atomic E-state index is -4.70. The van der Waals surface area contributed by atoms with Gasteiger partial charge in [0.25, 0.3) is 11.5 Å². The van der Waals surface area contributed by atoms with Crippen LogP contribution in [-0.2, 0) is 13.2 Å². The second kappa shape index (κ2) is 6.30. The number of likely N-dealkylation sites (tertiary alicyclic amines) is 1. The van der Waals surface area contributed by atoms with Gasteiger partial charge in [-0.05, 0) is 18.9 Å². The zero-order chi connectivity index (χ0) is 18.2. The number of piperidine rings is 1. The first-order valence-corrected chi connectivity index (χ1v) is 7.50. The smallest absolute Gasteiger partial charge is 0.417 e. The fraction of sp³-hybridized carbons (Fsp3) is 0.500. The highest BCUT2D eigenvalue weighted by Crippen LogP contribution is 2.32. The van der Waals surface area contributed by atoms with E-state index in [9.17, 15) is 22.8 Å². The van der Waals surface area contributed by atoms with Crippen molar-refractivity contribution in [3.05, 3.63) is 40.0 Å². The van der Waals surface area contributed by atoms with Gasteiger partial charge in [-0.25, -0.2) is 4.68 Å². The van der Waals surface area contributed by atoms with Crippen LogP contribution >= 0.6 is 0 Å². The summed E-state index contributed by atoms with van der Waals surface area (Å²) in [7, 11) is 1.43. The van der Waals surface area contributed by atoms with Gasteiger partial charge in [-0.1, -0.05) is 0 Å². The summed E-state index contributed by atoms with van der Waals surface area (Å²) in [6, 6.07) is 2.55. The number of nitrogens with zero attached hydrogens (tertiary/aromatic N) is 5. The predicted molar refractivity (Wildman–Crippen MR) is 76.7 cm³/mol. The fourth-order valence-electron chi connectivity index (χ4n) is 2.66. The molecule has 0 spiro atoms. The minimum absolute atomic E-state index is 0.0873. The van der Waals surface area contributed by atoms with E-state index in [4.69, 9.17) is 4.42 Å². The molecule has 1 saturated heterocycles. The molecule has 1 atom stereocenters. The van der Waals surface area contributed by atoms with Crippen molar-refractivity contribution >= 4 is 5.91 Å². The summed E-state index contributed by atoms with van der Waals surface area (Å²) >= 11 is 0. The lowest BCUT2D eigenvalue weighted by molar-refractivity contribution is -0.157. The van der Waals surface area contributed by atoms with E-state index >= 15 is 0 Å². The molecular weight excluding hydrogens is 343 g/mol. The average molecular weight is 357 g/mol. The molecule has 1 aliphatic rings. The van der Waals surface area contributed by atoms with E-state index in [2.05, 4.69) is 15.3 Å². The molecule has 0 radical (unpaired) electrons. The third kappa shape index (κ3) is 3.54. The number of alkyl halides is 3. The molecule has 25 heavy (non-hydrogen) atoms. The lowest BCUT2D eigenvalue weighted by atomic mass is 9.98. The number of rotatable bonds is 2. The van der Waals surface area contributed by atoms with E-state index in [0.29, 0.717) is 19.4 Å². The van der Waals surface area contributed by atoms with E-state index in [0.717, 1.165) is 4.68 Å². The van der Waals surface area contributed by atoms with Crippen molar-refractivity contribution in [2.45, 2.75) is 24.9 Å². The molecule has 2 aromatic rings. The normalized spacial score (nSPS) is 18.4. The average Bonchev–Trinajstić information content (AvgIpc) is 3.07. The highest BCUT2D eigenvalue weighted by atomic mass is 19.4. The zero-order valence-corrected chi connectivity index (χ0v) is 13.2. The standard InChI is InChI=1S/C14H14F3N5O3/c1-21-10(23)5-4-9(20-21)12(24)22-6-2-3-8(7-22)11-18-19-13(25-11)14(15,16)17/h4-5,8H,2-3,6-7H2,1H3. The van der Waals surface area contributed by atoms with Crippen LogP contribution in [0, 0.1) is 0 Å². The summed E-state index contributed by atoms with van der Waals surface area (Å²) in [6.45, 7) is 0.572. The number of carbonyl (C=O) groups is 1. The van der Waals surface area contributed by atoms with Crippen LogP contribution in [0.1, 0.15) is 41.0 Å². The van der Waals surface area contributed by atoms with Crippen LogP contribution < -0.4 is 5.56 Å². The Morgan fingerprint density at radius 3 is 2.72 bits per heavy atom. The number of aromatic nitrogens is 4. The van der Waals surface area contributed by atoms with Crippen LogP contribution in [0.15, 0.2) is 21.3 Å². The van der Waals surface area contributed by atoms with Gasteiger partial charge in [-0.15, -0.1) is 10.2 Å². The van der Waals surface area contributed by atoms with E-state index in [1.165, 1.54) is 24.1 Å². The molecule has 3 heterocycles. The molecule has 0 aliphatic carbocycles. The van der Waals surface area contributed by atoms with Gasteiger partial charge in [0.05, 0.1) is 5.92 Å². The molecular formula is C14H14F3N5O3. The molecule has 0 bridgehead atoms. The quantitative estimate of drug-likeness (QED) is 0.802. The third-order valence-corrected chi connectivity index (χ3v) is 3.92. The summed E-state index contributed by atoms with van der Waals surface area (Å²) < 4.78 is 43.5. The monoisotopic (exact) mass is 357 g/mol. The minimum Gasteiger partial charge on any atom is -0.417 e. The summed E-state index contributed by atoms with van der Waals surface area (Å²) in [4.78, 5) is 25.3. The molecule has 1 aliphatic heterocycles. The van der Waals surface area contributed by atoms with Crippen LogP contribution in [0.25, 0.3) is 0 Å². The van der Waals surface area contributed by atoms with Crippen molar-refractivity contribution in [2.75, 3.05) is 13.1 Å². The highest BCUT2D eigenvalue weighted by Gasteiger charge is 2.39. The van der Waals surface area contributed by atoms with Crippen molar-refractivity contribution in [3.63, 3.8) is 0 Å². The maximum absolute atomic E-state index is 12.6. The van der Waals surface area contributed by atoms with Crippen LogP contribution in [0.5, 0.6) is 0 Å². The maximum Gasteiger partial charge on any atom is 0.470 e. The Bertz CT molecular complexity index is 845. The summed E-state index contributed by atoms with van der Waals surface area (Å²) in [6.07, 6.45) is -3.59. The zero-order valence-electron chi connectivity index (χ0n) is 13.2. The van der Waals surface area contributed by atoms with E-state index in [1.807, 2.05) is 0 Å². The summed E-state index contributed by atoms with van der Waals surface area (Å²) in [5.74, 6) is -2.42. The van der Waals surface area contributed by atoms with Crippen LogP contribution in [0.2, 0.25) is 0 Å². The van der Waals surface area contributed by atoms with Gasteiger partial charge in [-0.2, -0.15) is 18.3 Å². The van der Waals surface area contributed by atoms with Crippen molar-refractivity contribution in [1.29, 1.82) is 0 Å². The Kier molecular flexibility index (Phi) is 4.31.